The minimum Gasteiger partial charge on any atom is -0.276 e. The predicted octanol–water partition coefficient (Wildman–Crippen LogP) is 3.85. The number of aliphatic imine (C=N–C) groups is 1. The molecule has 0 amide bonds. The van der Waals surface area contributed by atoms with E-state index in [4.69, 9.17) is 0 Å². The Morgan fingerprint density at radius 2 is 1.59 bits per heavy atom. The second-order valence-electron chi connectivity index (χ2n) is 3.70. The van der Waals surface area contributed by atoms with Crippen LogP contribution < -0.4 is 9.34 Å². The smallest absolute Gasteiger partial charge is 0.148 e. The maximum Gasteiger partial charge on any atom is 0.148 e. The molecule has 0 aliphatic rings. The topological polar surface area (TPSA) is 84.7 Å². The Bertz CT molecular complexity index is 925. The van der Waals surface area contributed by atoms with Gasteiger partial charge in [0.25, 0.3) is 0 Å². The number of rotatable bonds is 2. The summed E-state index contributed by atoms with van der Waals surface area (Å²) in [7, 11) is 7.25. The summed E-state index contributed by atoms with van der Waals surface area (Å²) < 4.78 is 1.26. The molecule has 112 valence electrons. The van der Waals surface area contributed by atoms with Crippen molar-refractivity contribution in [1.29, 1.82) is 10.5 Å². The van der Waals surface area contributed by atoms with Crippen LogP contribution in [0.1, 0.15) is 18.1 Å². The fraction of sp³-hybridized carbons (Fsp3) is 0.250. The largest absolute Gasteiger partial charge is 0.276 e. The highest BCUT2D eigenvalue weighted by Crippen LogP contribution is 2.30. The van der Waals surface area contributed by atoms with E-state index in [2.05, 4.69) is 27.1 Å². The number of hydrogen-bond donors (Lipinski definition) is 0. The van der Waals surface area contributed by atoms with Crippen LogP contribution in [0.25, 0.3) is 0 Å². The van der Waals surface area contributed by atoms with Gasteiger partial charge in [-0.05, 0) is 13.2 Å². The van der Waals surface area contributed by atoms with Gasteiger partial charge in [0, 0.05) is 7.05 Å². The Morgan fingerprint density at radius 3 is 2.18 bits per heavy atom. The summed E-state index contributed by atoms with van der Waals surface area (Å²) in [5.74, 6) is 0. The molecule has 2 aromatic heterocycles. The van der Waals surface area contributed by atoms with E-state index in [1.165, 1.54) is 53.1 Å². The van der Waals surface area contributed by atoms with Crippen molar-refractivity contribution in [1.82, 2.24) is 0 Å². The summed E-state index contributed by atoms with van der Waals surface area (Å²) >= 11 is 1.53. The zero-order chi connectivity index (χ0) is 16.1. The molecule has 0 aromatic carbocycles. The van der Waals surface area contributed by atoms with E-state index < -0.39 is 0 Å². The molecule has 2 aromatic rings. The maximum absolute atomic E-state index is 9.38. The maximum atomic E-state index is 9.38. The molecule has 0 atom stereocenters. The molecule has 0 saturated carbocycles. The predicted molar refractivity (Wildman–Crippen MR) is 96.8 cm³/mol. The summed E-state index contributed by atoms with van der Waals surface area (Å²) in [6, 6.07) is 4.29. The van der Waals surface area contributed by atoms with E-state index in [1.807, 2.05) is 13.2 Å². The molecule has 0 aliphatic carbocycles. The SMILES string of the molecule is CN=c1ssc(/N=c2\ssc(/N=C(/C)SC)c2C#N)c1C#N. The van der Waals surface area contributed by atoms with E-state index in [0.717, 1.165) is 5.04 Å². The van der Waals surface area contributed by atoms with Crippen molar-refractivity contribution in [2.24, 2.45) is 15.0 Å². The zero-order valence-corrected chi connectivity index (χ0v) is 15.9. The molecular formula is C12H9N5S5. The van der Waals surface area contributed by atoms with Crippen LogP contribution in [-0.2, 0) is 0 Å². The van der Waals surface area contributed by atoms with Gasteiger partial charge in [-0.15, -0.1) is 11.8 Å². The van der Waals surface area contributed by atoms with Gasteiger partial charge in [0.1, 0.15) is 42.6 Å². The molecule has 2 rings (SSSR count). The molecule has 5 nitrogen and oxygen atoms in total. The molecule has 0 saturated heterocycles. The third kappa shape index (κ3) is 3.54. The van der Waals surface area contributed by atoms with Crippen LogP contribution in [0.3, 0.4) is 0 Å². The molecule has 0 radical (unpaired) electrons. The number of hydrogen-bond acceptors (Lipinski definition) is 10. The van der Waals surface area contributed by atoms with Crippen molar-refractivity contribution in [2.45, 2.75) is 6.92 Å². The van der Waals surface area contributed by atoms with E-state index in [0.29, 0.717) is 30.5 Å². The Kier molecular flexibility index (Phi) is 6.06. The average Bonchev–Trinajstić information content (AvgIpc) is 3.10. The molecule has 0 N–H and O–H groups in total. The summed E-state index contributed by atoms with van der Waals surface area (Å²) in [4.78, 5) is 13.0. The fourth-order valence-electron chi connectivity index (χ4n) is 1.35. The quantitative estimate of drug-likeness (QED) is 0.448. The van der Waals surface area contributed by atoms with Crippen LogP contribution >= 0.6 is 53.1 Å². The Balaban J connectivity index is 2.63. The first-order valence-electron chi connectivity index (χ1n) is 5.77. The van der Waals surface area contributed by atoms with E-state index in [9.17, 15) is 10.5 Å². The van der Waals surface area contributed by atoms with E-state index in [1.54, 1.807) is 7.05 Å². The average molecular weight is 384 g/mol. The molecule has 22 heavy (non-hydrogen) atoms. The summed E-state index contributed by atoms with van der Waals surface area (Å²) in [6.45, 7) is 1.90. The lowest BCUT2D eigenvalue weighted by atomic mass is 10.4. The monoisotopic (exact) mass is 383 g/mol. The van der Waals surface area contributed by atoms with Gasteiger partial charge in [-0.2, -0.15) is 10.5 Å². The van der Waals surface area contributed by atoms with Gasteiger partial charge in [-0.25, -0.2) is 9.98 Å². The van der Waals surface area contributed by atoms with Crippen molar-refractivity contribution in [3.63, 3.8) is 0 Å². The van der Waals surface area contributed by atoms with Crippen LogP contribution in [0.4, 0.5) is 10.0 Å². The first-order valence-corrected chi connectivity index (χ1v) is 11.3. The van der Waals surface area contributed by atoms with Crippen LogP contribution in [-0.4, -0.2) is 18.3 Å². The second-order valence-corrected chi connectivity index (χ2v) is 8.91. The van der Waals surface area contributed by atoms with Crippen LogP contribution in [0, 0.1) is 22.7 Å². The minimum atomic E-state index is 0.459. The highest BCUT2D eigenvalue weighted by molar-refractivity contribution is 8.13. The van der Waals surface area contributed by atoms with E-state index >= 15 is 0 Å². The van der Waals surface area contributed by atoms with Gasteiger partial charge in [0.05, 0.1) is 5.04 Å². The summed E-state index contributed by atoms with van der Waals surface area (Å²) in [5, 5.41) is 20.8. The van der Waals surface area contributed by atoms with Crippen molar-refractivity contribution in [3.8, 4) is 12.1 Å². The Morgan fingerprint density at radius 1 is 1.00 bits per heavy atom. The van der Waals surface area contributed by atoms with Crippen LogP contribution in [0.2, 0.25) is 0 Å². The third-order valence-electron chi connectivity index (χ3n) is 2.44. The number of nitrogens with zero attached hydrogens (tertiary/aromatic N) is 5. The Labute approximate surface area is 146 Å². The molecule has 2 heterocycles. The van der Waals surface area contributed by atoms with Gasteiger partial charge >= 0.3 is 0 Å². The number of nitriles is 2. The standard InChI is InChI=1S/C12H9N5S5/c1-6(18-3)16-10-8(5-14)12(22-20-10)17-11-7(4-13)9(15-2)19-21-11/h1-3H3/b15-9?,16-6-,17-12-. The second kappa shape index (κ2) is 7.81. The molecule has 0 spiro atoms. The van der Waals surface area contributed by atoms with Gasteiger partial charge in [-0.3, -0.25) is 4.99 Å². The normalized spacial score (nSPS) is 13.2. The van der Waals surface area contributed by atoms with Crippen LogP contribution in [0.5, 0.6) is 0 Å². The minimum absolute atomic E-state index is 0.459. The molecule has 0 unspecified atom stereocenters. The molecule has 0 fully saturated rings. The number of thioether (sulfide) groups is 1. The van der Waals surface area contributed by atoms with Crippen molar-refractivity contribution in [2.75, 3.05) is 13.3 Å². The van der Waals surface area contributed by atoms with E-state index in [-0.39, 0.29) is 0 Å². The lowest BCUT2D eigenvalue weighted by molar-refractivity contribution is 1.30. The van der Waals surface area contributed by atoms with Crippen molar-refractivity contribution in [3.05, 3.63) is 20.5 Å². The van der Waals surface area contributed by atoms with Gasteiger partial charge in [-0.1, -0.05) is 41.4 Å². The van der Waals surface area contributed by atoms with Crippen molar-refractivity contribution >= 4 is 68.2 Å². The van der Waals surface area contributed by atoms with Gasteiger partial charge < -0.3 is 0 Å². The van der Waals surface area contributed by atoms with Gasteiger partial charge in [0.2, 0.25) is 0 Å². The Hall–Kier alpha value is -1.30. The lowest BCUT2D eigenvalue weighted by Crippen LogP contribution is -2.00. The fourth-order valence-corrected chi connectivity index (χ4v) is 6.01. The van der Waals surface area contributed by atoms with Crippen LogP contribution in [0.15, 0.2) is 15.0 Å². The first kappa shape index (κ1) is 17.1. The summed E-state index contributed by atoms with van der Waals surface area (Å²) in [6.07, 6.45) is 1.94. The lowest BCUT2D eigenvalue weighted by Gasteiger charge is -1.92. The van der Waals surface area contributed by atoms with Crippen molar-refractivity contribution < 1.29 is 0 Å². The zero-order valence-electron chi connectivity index (χ0n) is 11.8. The molecule has 10 heteroatoms. The first-order chi connectivity index (χ1) is 10.6. The molecule has 0 bridgehead atoms. The third-order valence-corrected chi connectivity index (χ3v) is 7.59. The summed E-state index contributed by atoms with van der Waals surface area (Å²) in [5.41, 5.74) is 0.922. The molecule has 0 aliphatic heterocycles. The van der Waals surface area contributed by atoms with Gasteiger partial charge in [0.15, 0.2) is 0 Å². The highest BCUT2D eigenvalue weighted by Gasteiger charge is 2.12. The molecular weight excluding hydrogens is 375 g/mol. The highest BCUT2D eigenvalue weighted by atomic mass is 32.9.